The zero-order chi connectivity index (χ0) is 15.2. The second kappa shape index (κ2) is 7.24. The van der Waals surface area contributed by atoms with E-state index in [1.165, 1.54) is 12.8 Å². The van der Waals surface area contributed by atoms with E-state index in [1.807, 2.05) is 34.3 Å². The van der Waals surface area contributed by atoms with Gasteiger partial charge in [-0.1, -0.05) is 0 Å². The molecule has 1 saturated heterocycles. The van der Waals surface area contributed by atoms with E-state index in [0.717, 1.165) is 31.5 Å². The standard InChI is InChI=1S/C15H26N6/c1-19(2)15(20(3)4)18-11-13-7-5-10-21(12-13)14-16-8-6-9-17-14/h6,8-9,13H,5,7,10-12H2,1-4H3. The van der Waals surface area contributed by atoms with Gasteiger partial charge in [-0.05, 0) is 24.8 Å². The lowest BCUT2D eigenvalue weighted by Crippen LogP contribution is -2.39. The molecule has 1 aromatic heterocycles. The Morgan fingerprint density at radius 3 is 2.52 bits per heavy atom. The average Bonchev–Trinajstić information content (AvgIpc) is 2.48. The Morgan fingerprint density at radius 1 is 1.24 bits per heavy atom. The largest absolute Gasteiger partial charge is 0.349 e. The Balaban J connectivity index is 1.97. The van der Waals surface area contributed by atoms with Crippen molar-refractivity contribution in [1.82, 2.24) is 19.8 Å². The van der Waals surface area contributed by atoms with E-state index < -0.39 is 0 Å². The maximum absolute atomic E-state index is 4.78. The normalized spacial score (nSPS) is 18.3. The van der Waals surface area contributed by atoms with Crippen LogP contribution in [0.25, 0.3) is 0 Å². The first kappa shape index (κ1) is 15.5. The fraction of sp³-hybridized carbons (Fsp3) is 0.667. The van der Waals surface area contributed by atoms with Gasteiger partial charge in [0.05, 0.1) is 0 Å². The maximum Gasteiger partial charge on any atom is 0.225 e. The van der Waals surface area contributed by atoms with Gasteiger partial charge in [0, 0.05) is 60.2 Å². The van der Waals surface area contributed by atoms with Gasteiger partial charge < -0.3 is 14.7 Å². The Hall–Kier alpha value is -1.85. The topological polar surface area (TPSA) is 47.9 Å². The third kappa shape index (κ3) is 4.31. The lowest BCUT2D eigenvalue weighted by Gasteiger charge is -2.32. The minimum absolute atomic E-state index is 0.567. The highest BCUT2D eigenvalue weighted by atomic mass is 15.3. The number of hydrogen-bond donors (Lipinski definition) is 0. The molecule has 0 aliphatic carbocycles. The molecule has 2 rings (SSSR count). The fourth-order valence-corrected chi connectivity index (χ4v) is 2.74. The number of aromatic nitrogens is 2. The van der Waals surface area contributed by atoms with Gasteiger partial charge in [0.2, 0.25) is 5.95 Å². The molecule has 0 saturated carbocycles. The van der Waals surface area contributed by atoms with Crippen LogP contribution < -0.4 is 4.90 Å². The molecule has 0 aromatic carbocycles. The molecule has 1 aliphatic rings. The van der Waals surface area contributed by atoms with Crippen LogP contribution >= 0.6 is 0 Å². The minimum Gasteiger partial charge on any atom is -0.349 e. The Morgan fingerprint density at radius 2 is 1.90 bits per heavy atom. The summed E-state index contributed by atoms with van der Waals surface area (Å²) >= 11 is 0. The lowest BCUT2D eigenvalue weighted by molar-refractivity contribution is 0.410. The van der Waals surface area contributed by atoms with Crippen molar-refractivity contribution < 1.29 is 0 Å². The molecule has 116 valence electrons. The Kier molecular flexibility index (Phi) is 5.36. The van der Waals surface area contributed by atoms with E-state index in [1.54, 1.807) is 12.4 Å². The number of rotatable bonds is 3. The SMILES string of the molecule is CN(C)C(=NCC1CCCN(c2ncccn2)C1)N(C)C. The molecule has 0 spiro atoms. The quantitative estimate of drug-likeness (QED) is 0.618. The summed E-state index contributed by atoms with van der Waals surface area (Å²) in [5.41, 5.74) is 0. The lowest BCUT2D eigenvalue weighted by atomic mass is 9.98. The molecule has 0 amide bonds. The van der Waals surface area contributed by atoms with Crippen molar-refractivity contribution in [3.63, 3.8) is 0 Å². The van der Waals surface area contributed by atoms with Crippen LogP contribution in [-0.4, -0.2) is 73.6 Å². The average molecular weight is 290 g/mol. The second-order valence-electron chi connectivity index (χ2n) is 5.93. The van der Waals surface area contributed by atoms with Crippen molar-refractivity contribution in [3.05, 3.63) is 18.5 Å². The molecule has 0 bridgehead atoms. The zero-order valence-electron chi connectivity index (χ0n) is 13.5. The van der Waals surface area contributed by atoms with Gasteiger partial charge in [-0.15, -0.1) is 0 Å². The van der Waals surface area contributed by atoms with Crippen LogP contribution in [0.4, 0.5) is 5.95 Å². The first-order chi connectivity index (χ1) is 10.1. The van der Waals surface area contributed by atoms with Crippen LogP contribution in [-0.2, 0) is 0 Å². The number of hydrogen-bond acceptors (Lipinski definition) is 4. The van der Waals surface area contributed by atoms with Crippen LogP contribution in [0.3, 0.4) is 0 Å². The molecule has 1 aliphatic heterocycles. The minimum atomic E-state index is 0.567. The molecule has 1 fully saturated rings. The summed E-state index contributed by atoms with van der Waals surface area (Å²) in [5.74, 6) is 2.42. The van der Waals surface area contributed by atoms with Crippen molar-refractivity contribution in [1.29, 1.82) is 0 Å². The van der Waals surface area contributed by atoms with E-state index >= 15 is 0 Å². The van der Waals surface area contributed by atoms with Crippen molar-refractivity contribution >= 4 is 11.9 Å². The number of guanidine groups is 1. The van der Waals surface area contributed by atoms with Crippen LogP contribution in [0.5, 0.6) is 0 Å². The first-order valence-corrected chi connectivity index (χ1v) is 7.49. The second-order valence-corrected chi connectivity index (χ2v) is 5.93. The highest BCUT2D eigenvalue weighted by molar-refractivity contribution is 5.79. The number of aliphatic imine (C=N–C) groups is 1. The first-order valence-electron chi connectivity index (χ1n) is 7.49. The summed E-state index contributed by atoms with van der Waals surface area (Å²) in [6, 6.07) is 1.86. The fourth-order valence-electron chi connectivity index (χ4n) is 2.74. The zero-order valence-corrected chi connectivity index (χ0v) is 13.5. The smallest absolute Gasteiger partial charge is 0.225 e. The van der Waals surface area contributed by atoms with Gasteiger partial charge in [0.25, 0.3) is 0 Å². The summed E-state index contributed by atoms with van der Waals surface area (Å²) < 4.78 is 0. The van der Waals surface area contributed by atoms with E-state index in [0.29, 0.717) is 5.92 Å². The van der Waals surface area contributed by atoms with Gasteiger partial charge in [0.15, 0.2) is 5.96 Å². The maximum atomic E-state index is 4.78. The molecule has 0 N–H and O–H groups in total. The molecule has 1 atom stereocenters. The highest BCUT2D eigenvalue weighted by Crippen LogP contribution is 2.20. The molecule has 6 heteroatoms. The van der Waals surface area contributed by atoms with Gasteiger partial charge in [-0.25, -0.2) is 9.97 Å². The number of nitrogens with zero attached hydrogens (tertiary/aromatic N) is 6. The third-order valence-corrected chi connectivity index (χ3v) is 3.64. The number of piperidine rings is 1. The summed E-state index contributed by atoms with van der Waals surface area (Å²) in [4.78, 5) is 19.9. The predicted octanol–water partition coefficient (Wildman–Crippen LogP) is 1.17. The molecule has 1 aromatic rings. The molecule has 21 heavy (non-hydrogen) atoms. The van der Waals surface area contributed by atoms with E-state index in [2.05, 4.69) is 24.7 Å². The van der Waals surface area contributed by atoms with E-state index in [-0.39, 0.29) is 0 Å². The van der Waals surface area contributed by atoms with Crippen molar-refractivity contribution in [2.45, 2.75) is 12.8 Å². The molecule has 1 unspecified atom stereocenters. The highest BCUT2D eigenvalue weighted by Gasteiger charge is 2.21. The van der Waals surface area contributed by atoms with E-state index in [9.17, 15) is 0 Å². The molecule has 2 heterocycles. The monoisotopic (exact) mass is 290 g/mol. The van der Waals surface area contributed by atoms with Gasteiger partial charge >= 0.3 is 0 Å². The van der Waals surface area contributed by atoms with Crippen molar-refractivity contribution in [3.8, 4) is 0 Å². The van der Waals surface area contributed by atoms with Crippen LogP contribution in [0.1, 0.15) is 12.8 Å². The van der Waals surface area contributed by atoms with Crippen molar-refractivity contribution in [2.24, 2.45) is 10.9 Å². The third-order valence-electron chi connectivity index (χ3n) is 3.64. The van der Waals surface area contributed by atoms with Gasteiger partial charge in [0.1, 0.15) is 0 Å². The van der Waals surface area contributed by atoms with Crippen LogP contribution in [0, 0.1) is 5.92 Å². The summed E-state index contributed by atoms with van der Waals surface area (Å²) in [5, 5.41) is 0. The summed E-state index contributed by atoms with van der Waals surface area (Å²) in [7, 11) is 8.13. The van der Waals surface area contributed by atoms with Crippen LogP contribution in [0.2, 0.25) is 0 Å². The van der Waals surface area contributed by atoms with Crippen molar-refractivity contribution in [2.75, 3.05) is 52.7 Å². The van der Waals surface area contributed by atoms with Crippen LogP contribution in [0.15, 0.2) is 23.5 Å². The molecular formula is C15H26N6. The predicted molar refractivity (Wildman–Crippen MR) is 86.6 cm³/mol. The molecule has 6 nitrogen and oxygen atoms in total. The molecular weight excluding hydrogens is 264 g/mol. The number of anilines is 1. The Bertz CT molecular complexity index is 446. The molecule has 0 radical (unpaired) electrons. The summed E-state index contributed by atoms with van der Waals surface area (Å²) in [6.45, 7) is 2.88. The summed E-state index contributed by atoms with van der Waals surface area (Å²) in [6.07, 6.45) is 6.01. The van der Waals surface area contributed by atoms with Gasteiger partial charge in [-0.2, -0.15) is 0 Å². The van der Waals surface area contributed by atoms with E-state index in [4.69, 9.17) is 4.99 Å². The van der Waals surface area contributed by atoms with Gasteiger partial charge in [-0.3, -0.25) is 4.99 Å². The Labute approximate surface area is 127 Å².